The number of amides is 1. The van der Waals surface area contributed by atoms with Gasteiger partial charge in [-0.2, -0.15) is 9.97 Å². The number of nitrogens with zero attached hydrogens (tertiary/aromatic N) is 3. The van der Waals surface area contributed by atoms with Crippen molar-refractivity contribution < 1.29 is 9.53 Å². The first-order valence-electron chi connectivity index (χ1n) is 9.30. The van der Waals surface area contributed by atoms with Crippen LogP contribution in [0.4, 0.5) is 17.3 Å². The molecule has 1 aromatic heterocycles. The van der Waals surface area contributed by atoms with Crippen LogP contribution in [0.3, 0.4) is 0 Å². The molecule has 8 nitrogen and oxygen atoms in total. The molecule has 0 saturated heterocycles. The fraction of sp³-hybridized carbons (Fsp3) is 0.421. The van der Waals surface area contributed by atoms with E-state index in [2.05, 4.69) is 38.8 Å². The van der Waals surface area contributed by atoms with Gasteiger partial charge in [0.05, 0.1) is 13.2 Å². The van der Waals surface area contributed by atoms with Gasteiger partial charge in [0.1, 0.15) is 5.69 Å². The van der Waals surface area contributed by atoms with Crippen LogP contribution in [0.25, 0.3) is 0 Å². The SMILES string of the molecule is CCCOc1nc(N)c2c(n1)N(Cc1ccc3c(c1)CCNC3)CC(=O)N2. The lowest BCUT2D eigenvalue weighted by Crippen LogP contribution is -2.39. The van der Waals surface area contributed by atoms with Gasteiger partial charge in [-0.25, -0.2) is 0 Å². The third-order valence-electron chi connectivity index (χ3n) is 4.76. The van der Waals surface area contributed by atoms with E-state index in [0.29, 0.717) is 24.7 Å². The molecule has 8 heteroatoms. The predicted octanol–water partition coefficient (Wildman–Crippen LogP) is 1.45. The molecule has 2 aliphatic rings. The largest absolute Gasteiger partial charge is 0.463 e. The summed E-state index contributed by atoms with van der Waals surface area (Å²) in [5.74, 6) is 0.704. The lowest BCUT2D eigenvalue weighted by atomic mass is 9.98. The number of hydrogen-bond donors (Lipinski definition) is 3. The molecule has 0 radical (unpaired) electrons. The molecule has 142 valence electrons. The van der Waals surface area contributed by atoms with Crippen molar-refractivity contribution in [3.05, 3.63) is 34.9 Å². The molecule has 0 aliphatic carbocycles. The highest BCUT2D eigenvalue weighted by Crippen LogP contribution is 2.34. The number of rotatable bonds is 5. The van der Waals surface area contributed by atoms with E-state index >= 15 is 0 Å². The summed E-state index contributed by atoms with van der Waals surface area (Å²) in [5, 5.41) is 6.16. The molecule has 0 saturated carbocycles. The highest BCUT2D eigenvalue weighted by atomic mass is 16.5. The summed E-state index contributed by atoms with van der Waals surface area (Å²) < 4.78 is 5.55. The summed E-state index contributed by atoms with van der Waals surface area (Å²) in [5.41, 5.74) is 10.3. The van der Waals surface area contributed by atoms with Gasteiger partial charge in [-0.15, -0.1) is 0 Å². The van der Waals surface area contributed by atoms with Crippen molar-refractivity contribution >= 4 is 23.2 Å². The van der Waals surface area contributed by atoms with Crippen molar-refractivity contribution in [2.75, 3.05) is 35.6 Å². The van der Waals surface area contributed by atoms with Crippen LogP contribution in [0.15, 0.2) is 18.2 Å². The molecule has 0 unspecified atom stereocenters. The standard InChI is InChI=1S/C19H24N6O2/c1-2-7-27-19-23-17(20)16-18(24-19)25(11-15(26)22-16)10-12-3-4-14-9-21-6-5-13(14)8-12/h3-4,8,21H,2,5-7,9-11H2,1H3,(H,22,26)(H2,20,23,24). The first-order chi connectivity index (χ1) is 13.1. The highest BCUT2D eigenvalue weighted by Gasteiger charge is 2.27. The molecule has 27 heavy (non-hydrogen) atoms. The fourth-order valence-corrected chi connectivity index (χ4v) is 3.46. The average Bonchev–Trinajstić information content (AvgIpc) is 2.67. The van der Waals surface area contributed by atoms with Gasteiger partial charge < -0.3 is 26.0 Å². The maximum atomic E-state index is 12.2. The molecule has 1 aromatic carbocycles. The Labute approximate surface area is 158 Å². The summed E-state index contributed by atoms with van der Waals surface area (Å²) in [6, 6.07) is 6.73. The average molecular weight is 368 g/mol. The van der Waals surface area contributed by atoms with Crippen LogP contribution in [0.5, 0.6) is 6.01 Å². The van der Waals surface area contributed by atoms with Crippen molar-refractivity contribution in [1.29, 1.82) is 0 Å². The number of hydrogen-bond acceptors (Lipinski definition) is 7. The molecule has 0 fully saturated rings. The van der Waals surface area contributed by atoms with E-state index in [-0.39, 0.29) is 24.3 Å². The zero-order valence-electron chi connectivity index (χ0n) is 15.4. The Balaban J connectivity index is 1.64. The minimum atomic E-state index is -0.123. The van der Waals surface area contributed by atoms with Crippen LogP contribution >= 0.6 is 0 Å². The number of benzene rings is 1. The van der Waals surface area contributed by atoms with Gasteiger partial charge in [0, 0.05) is 13.1 Å². The van der Waals surface area contributed by atoms with Crippen LogP contribution in [-0.4, -0.2) is 35.6 Å². The van der Waals surface area contributed by atoms with Gasteiger partial charge in [0.15, 0.2) is 11.6 Å². The third-order valence-corrected chi connectivity index (χ3v) is 4.76. The Kier molecular flexibility index (Phi) is 4.81. The van der Waals surface area contributed by atoms with Gasteiger partial charge >= 0.3 is 6.01 Å². The number of fused-ring (bicyclic) bond motifs is 2. The number of ether oxygens (including phenoxy) is 1. The van der Waals surface area contributed by atoms with Gasteiger partial charge in [-0.05, 0) is 36.1 Å². The van der Waals surface area contributed by atoms with Crippen molar-refractivity contribution in [2.45, 2.75) is 32.9 Å². The first-order valence-corrected chi connectivity index (χ1v) is 9.30. The van der Waals surface area contributed by atoms with Crippen molar-refractivity contribution in [1.82, 2.24) is 15.3 Å². The van der Waals surface area contributed by atoms with E-state index in [1.54, 1.807) is 0 Å². The summed E-state index contributed by atoms with van der Waals surface area (Å²) in [7, 11) is 0. The molecule has 4 N–H and O–H groups in total. The number of anilines is 3. The topological polar surface area (TPSA) is 105 Å². The molecule has 0 spiro atoms. The second-order valence-electron chi connectivity index (χ2n) is 6.87. The van der Waals surface area contributed by atoms with Gasteiger partial charge in [-0.1, -0.05) is 25.1 Å². The van der Waals surface area contributed by atoms with Crippen LogP contribution < -0.4 is 26.0 Å². The maximum absolute atomic E-state index is 12.2. The first kappa shape index (κ1) is 17.5. The number of carbonyl (C=O) groups excluding carboxylic acids is 1. The van der Waals surface area contributed by atoms with Crippen LogP contribution in [0.2, 0.25) is 0 Å². The number of nitrogens with one attached hydrogen (secondary N) is 2. The number of carbonyl (C=O) groups is 1. The Morgan fingerprint density at radius 2 is 2.19 bits per heavy atom. The van der Waals surface area contributed by atoms with E-state index < -0.39 is 0 Å². The van der Waals surface area contributed by atoms with Crippen LogP contribution in [0, 0.1) is 0 Å². The van der Waals surface area contributed by atoms with Crippen LogP contribution in [-0.2, 0) is 24.3 Å². The summed E-state index contributed by atoms with van der Waals surface area (Å²) in [4.78, 5) is 22.7. The summed E-state index contributed by atoms with van der Waals surface area (Å²) >= 11 is 0. The highest BCUT2D eigenvalue weighted by molar-refractivity contribution is 6.03. The number of nitrogen functional groups attached to an aromatic ring is 1. The van der Waals surface area contributed by atoms with Crippen LogP contribution in [0.1, 0.15) is 30.0 Å². The predicted molar refractivity (Wildman–Crippen MR) is 104 cm³/mol. The molecule has 1 amide bonds. The second kappa shape index (κ2) is 7.40. The molecular weight excluding hydrogens is 344 g/mol. The van der Waals surface area contributed by atoms with Gasteiger partial charge in [0.25, 0.3) is 0 Å². The Hall–Kier alpha value is -2.87. The smallest absolute Gasteiger partial charge is 0.320 e. The minimum absolute atomic E-state index is 0.123. The maximum Gasteiger partial charge on any atom is 0.320 e. The normalized spacial score (nSPS) is 15.7. The molecule has 2 aromatic rings. The quantitative estimate of drug-likeness (QED) is 0.733. The lowest BCUT2D eigenvalue weighted by molar-refractivity contribution is -0.115. The van der Waals surface area contributed by atoms with Crippen molar-refractivity contribution in [3.8, 4) is 6.01 Å². The fourth-order valence-electron chi connectivity index (χ4n) is 3.46. The Morgan fingerprint density at radius 3 is 3.04 bits per heavy atom. The van der Waals surface area contributed by atoms with E-state index in [1.807, 2.05) is 11.8 Å². The zero-order valence-corrected chi connectivity index (χ0v) is 15.4. The molecule has 0 bridgehead atoms. The number of nitrogens with two attached hydrogens (primary N) is 1. The lowest BCUT2D eigenvalue weighted by Gasteiger charge is -2.30. The summed E-state index contributed by atoms with van der Waals surface area (Å²) in [6.45, 7) is 5.23. The molecular formula is C19H24N6O2. The van der Waals surface area contributed by atoms with Crippen molar-refractivity contribution in [2.24, 2.45) is 0 Å². The molecule has 0 atom stereocenters. The molecule has 3 heterocycles. The van der Waals surface area contributed by atoms with Gasteiger partial charge in [-0.3, -0.25) is 4.79 Å². The Bertz CT molecular complexity index is 870. The van der Waals surface area contributed by atoms with E-state index in [9.17, 15) is 4.79 Å². The van der Waals surface area contributed by atoms with E-state index in [0.717, 1.165) is 31.5 Å². The van der Waals surface area contributed by atoms with Gasteiger partial charge in [0.2, 0.25) is 5.91 Å². The zero-order chi connectivity index (χ0) is 18.8. The second-order valence-corrected chi connectivity index (χ2v) is 6.87. The van der Waals surface area contributed by atoms with Crippen molar-refractivity contribution in [3.63, 3.8) is 0 Å². The molecule has 2 aliphatic heterocycles. The number of aromatic nitrogens is 2. The Morgan fingerprint density at radius 1 is 1.30 bits per heavy atom. The van der Waals surface area contributed by atoms with E-state index in [4.69, 9.17) is 10.5 Å². The minimum Gasteiger partial charge on any atom is -0.463 e. The summed E-state index contributed by atoms with van der Waals surface area (Å²) in [6.07, 6.45) is 1.87. The molecule has 4 rings (SSSR count). The third kappa shape index (κ3) is 3.66. The van der Waals surface area contributed by atoms with E-state index in [1.165, 1.54) is 11.1 Å². The monoisotopic (exact) mass is 368 g/mol.